The van der Waals surface area contributed by atoms with E-state index in [0.29, 0.717) is 29.1 Å². The van der Waals surface area contributed by atoms with Crippen LogP contribution in [0.15, 0.2) is 79.0 Å². The zero-order valence-corrected chi connectivity index (χ0v) is 32.9. The molecule has 0 unspecified atom stereocenters. The summed E-state index contributed by atoms with van der Waals surface area (Å²) in [6.07, 6.45) is 7.22. The van der Waals surface area contributed by atoms with Gasteiger partial charge in [-0.3, -0.25) is 19.0 Å². The highest BCUT2D eigenvalue weighted by molar-refractivity contribution is 9.10. The van der Waals surface area contributed by atoms with Crippen molar-refractivity contribution in [1.29, 1.82) is 0 Å². The average molecular weight is 828 g/mol. The molecule has 2 saturated heterocycles. The second-order valence-electron chi connectivity index (χ2n) is 13.4. The molecule has 15 nitrogen and oxygen atoms in total. The molecule has 294 valence electrons. The number of hydrogen-bond donors (Lipinski definition) is 0. The maximum absolute atomic E-state index is 13.3. The van der Waals surface area contributed by atoms with Gasteiger partial charge in [0, 0.05) is 40.5 Å². The van der Waals surface area contributed by atoms with Crippen molar-refractivity contribution in [1.82, 2.24) is 5.16 Å². The molecule has 2 bridgehead atoms. The number of carbonyl (C=O) groups is 3. The van der Waals surface area contributed by atoms with Crippen molar-refractivity contribution >= 4 is 39.9 Å². The van der Waals surface area contributed by atoms with Crippen LogP contribution in [0.25, 0.3) is 17.3 Å². The van der Waals surface area contributed by atoms with Crippen LogP contribution in [-0.2, 0) is 44.7 Å². The molecule has 3 aromatic rings. The molecule has 55 heavy (non-hydrogen) atoms. The van der Waals surface area contributed by atoms with E-state index in [1.165, 1.54) is 20.1 Å². The Bertz CT molecular complexity index is 2020. The minimum Gasteiger partial charge on any atom is -0.496 e. The normalized spacial score (nSPS) is 24.8. The second-order valence-corrected chi connectivity index (χ2v) is 14.3. The summed E-state index contributed by atoms with van der Waals surface area (Å²) in [4.78, 5) is 50.3. The lowest BCUT2D eigenvalue weighted by atomic mass is 9.77. The van der Waals surface area contributed by atoms with E-state index in [9.17, 15) is 24.4 Å². The molecule has 2 fully saturated rings. The van der Waals surface area contributed by atoms with Gasteiger partial charge in [0.1, 0.15) is 28.8 Å². The zero-order chi connectivity index (χ0) is 39.9. The number of esters is 3. The highest BCUT2D eigenvalue weighted by atomic mass is 79.9. The zero-order valence-electron chi connectivity index (χ0n) is 31.3. The first-order valence-electron chi connectivity index (χ1n) is 17.6. The Balaban J connectivity index is 1.25. The summed E-state index contributed by atoms with van der Waals surface area (Å²) in [5, 5.41) is 16.0. The number of fused-ring (bicyclic) bond motifs is 2. The highest BCUT2D eigenvalue weighted by Gasteiger charge is 2.71. The molecular formula is C39H43BrN2O13. The van der Waals surface area contributed by atoms with Gasteiger partial charge in [0.25, 0.3) is 5.69 Å². The van der Waals surface area contributed by atoms with Crippen LogP contribution in [-0.4, -0.2) is 65.8 Å². The van der Waals surface area contributed by atoms with Crippen LogP contribution in [0.1, 0.15) is 70.4 Å². The fourth-order valence-electron chi connectivity index (χ4n) is 6.85. The summed E-state index contributed by atoms with van der Waals surface area (Å²) in [6.45, 7) is 8.13. The number of halogens is 1. The summed E-state index contributed by atoms with van der Waals surface area (Å²) in [6, 6.07) is 8.27. The summed E-state index contributed by atoms with van der Waals surface area (Å²) >= 11 is 3.35. The minimum absolute atomic E-state index is 0.0159. The third-order valence-corrected chi connectivity index (χ3v) is 10.0. The summed E-state index contributed by atoms with van der Waals surface area (Å²) in [7, 11) is 1.47. The summed E-state index contributed by atoms with van der Waals surface area (Å²) in [5.41, 5.74) is -1.37. The molecule has 0 amide bonds. The van der Waals surface area contributed by atoms with Gasteiger partial charge in [0.15, 0.2) is 18.8 Å². The highest BCUT2D eigenvalue weighted by Crippen LogP contribution is 2.52. The SMILES string of the molecule is CC[C@H]1O[C@@]2(C)[C@H](OC(C)=O)[C@@]1(C)O[C@@H](/C=C/C=C/C=C/c1oc(=O)cc(OC)c1C)[C@@H]2OC(=O)CCCC(=O)OCc1c(-c2ccc(Br)cc2)no[n+]1[O-]. The Labute approximate surface area is 325 Å². The fourth-order valence-corrected chi connectivity index (χ4v) is 7.12. The minimum atomic E-state index is -1.28. The number of ether oxygens (including phenoxy) is 6. The van der Waals surface area contributed by atoms with E-state index >= 15 is 0 Å². The Morgan fingerprint density at radius 2 is 1.73 bits per heavy atom. The van der Waals surface area contributed by atoms with Crippen LogP contribution < -0.4 is 15.3 Å². The lowest BCUT2D eigenvalue weighted by Crippen LogP contribution is -2.66. The number of carbonyl (C=O) groups excluding carboxylic acids is 3. The van der Waals surface area contributed by atoms with Gasteiger partial charge in [0.05, 0.1) is 19.3 Å². The van der Waals surface area contributed by atoms with Crippen LogP contribution in [0.3, 0.4) is 0 Å². The number of hydrogen-bond acceptors (Lipinski definition) is 14. The lowest BCUT2D eigenvalue weighted by Gasteiger charge is -2.48. The van der Waals surface area contributed by atoms with Crippen molar-refractivity contribution in [3.63, 3.8) is 0 Å². The van der Waals surface area contributed by atoms with Gasteiger partial charge in [-0.15, -0.1) is 0 Å². The van der Waals surface area contributed by atoms with Gasteiger partial charge < -0.3 is 38.0 Å². The molecule has 2 aliphatic rings. The Hall–Kier alpha value is -5.06. The Morgan fingerprint density at radius 3 is 2.42 bits per heavy atom. The smallest absolute Gasteiger partial charge is 0.339 e. The average Bonchev–Trinajstić information content (AvgIpc) is 3.58. The van der Waals surface area contributed by atoms with Gasteiger partial charge >= 0.3 is 23.5 Å². The number of rotatable bonds is 15. The van der Waals surface area contributed by atoms with Crippen molar-refractivity contribution < 1.29 is 56.8 Å². The van der Waals surface area contributed by atoms with Crippen LogP contribution >= 0.6 is 15.9 Å². The van der Waals surface area contributed by atoms with E-state index in [2.05, 4.69) is 21.1 Å². The Morgan fingerprint density at radius 1 is 1.02 bits per heavy atom. The van der Waals surface area contributed by atoms with Crippen molar-refractivity contribution in [3.8, 4) is 17.0 Å². The van der Waals surface area contributed by atoms with Crippen LogP contribution in [0.4, 0.5) is 0 Å². The van der Waals surface area contributed by atoms with Crippen molar-refractivity contribution in [2.75, 3.05) is 7.11 Å². The predicted octanol–water partition coefficient (Wildman–Crippen LogP) is 5.62. The van der Waals surface area contributed by atoms with Gasteiger partial charge in [-0.25, -0.2) is 4.79 Å². The fraction of sp³-hybridized carbons (Fsp3) is 0.436. The molecule has 6 atom stereocenters. The molecule has 0 spiro atoms. The van der Waals surface area contributed by atoms with E-state index in [-0.39, 0.29) is 42.2 Å². The second kappa shape index (κ2) is 17.6. The molecule has 0 aliphatic carbocycles. The molecule has 4 heterocycles. The first-order valence-corrected chi connectivity index (χ1v) is 18.4. The molecule has 2 aromatic heterocycles. The maximum atomic E-state index is 13.3. The third-order valence-electron chi connectivity index (χ3n) is 9.49. The Kier molecular flexibility index (Phi) is 13.2. The molecule has 0 radical (unpaired) electrons. The number of aromatic nitrogens is 2. The molecule has 2 aliphatic heterocycles. The van der Waals surface area contributed by atoms with Crippen LogP contribution in [0, 0.1) is 12.1 Å². The van der Waals surface area contributed by atoms with Gasteiger partial charge in [-0.2, -0.15) is 0 Å². The molecule has 0 N–H and O–H groups in total. The van der Waals surface area contributed by atoms with E-state index < -0.39 is 59.2 Å². The third kappa shape index (κ3) is 9.26. The van der Waals surface area contributed by atoms with E-state index in [1.807, 2.05) is 13.8 Å². The number of allylic oxidation sites excluding steroid dienone is 4. The molecule has 16 heteroatoms. The summed E-state index contributed by atoms with van der Waals surface area (Å²) < 4.78 is 46.2. The quantitative estimate of drug-likeness (QED) is 0.0795. The standard InChI is InChI=1S/C39H43BrN2O13/c1-7-31-38(4)37(50-24(3)43)39(5,54-31)36(29(53-38)14-11-9-8-10-13-28-23(2)30(48-6)21-34(46)51-28)52-33(45)16-12-15-32(44)49-22-27-35(41-55-42(27)47)25-17-19-26(40)20-18-25/h8-11,13-14,17-21,29,31,36-37H,7,12,15-16,22H2,1-6H3/b9-8+,13-10+,14-11+/t29-,31+,36-,37+,38-,39+/m0/s1. The number of methoxy groups -OCH3 is 1. The first-order chi connectivity index (χ1) is 26.2. The van der Waals surface area contributed by atoms with Crippen molar-refractivity contribution in [3.05, 3.63) is 97.8 Å². The molecule has 1 aromatic carbocycles. The lowest BCUT2D eigenvalue weighted by molar-refractivity contribution is -0.808. The largest absolute Gasteiger partial charge is 0.496 e. The van der Waals surface area contributed by atoms with Crippen molar-refractivity contribution in [2.24, 2.45) is 0 Å². The topological polar surface area (TPSA) is 190 Å². The van der Waals surface area contributed by atoms with Crippen LogP contribution in [0.2, 0.25) is 0 Å². The molecule has 5 rings (SSSR count). The summed E-state index contributed by atoms with van der Waals surface area (Å²) in [5.74, 6) is -1.07. The number of nitrogens with zero attached hydrogens (tertiary/aromatic N) is 2. The monoisotopic (exact) mass is 826 g/mol. The molecular weight excluding hydrogens is 784 g/mol. The van der Waals surface area contributed by atoms with E-state index in [0.717, 1.165) is 4.47 Å². The van der Waals surface area contributed by atoms with Gasteiger partial charge in [-0.05, 0) is 68.9 Å². The van der Waals surface area contributed by atoms with Gasteiger partial charge in [-0.1, -0.05) is 53.2 Å². The van der Waals surface area contributed by atoms with Crippen molar-refractivity contribution in [2.45, 2.75) is 103 Å². The maximum Gasteiger partial charge on any atom is 0.339 e. The van der Waals surface area contributed by atoms with Gasteiger partial charge in [0.2, 0.25) is 5.69 Å². The van der Waals surface area contributed by atoms with Crippen LogP contribution in [0.5, 0.6) is 5.75 Å². The first kappa shape index (κ1) is 41.1. The molecule has 0 saturated carbocycles. The van der Waals surface area contributed by atoms with E-state index in [1.54, 1.807) is 74.6 Å². The number of benzene rings is 1. The predicted molar refractivity (Wildman–Crippen MR) is 198 cm³/mol. The van der Waals surface area contributed by atoms with E-state index in [4.69, 9.17) is 37.5 Å².